The van der Waals surface area contributed by atoms with Gasteiger partial charge in [-0.05, 0) is 32.0 Å². The van der Waals surface area contributed by atoms with Crippen molar-refractivity contribution in [2.24, 2.45) is 0 Å². The minimum absolute atomic E-state index is 0.104. The molecule has 19 heavy (non-hydrogen) atoms. The third-order valence-electron chi connectivity index (χ3n) is 2.98. The smallest absolute Gasteiger partial charge is 0.335 e. The quantitative estimate of drug-likeness (QED) is 0.825. The number of carboxylic acids is 1. The minimum atomic E-state index is -1.05. The normalized spacial score (nSPS) is 11.3. The zero-order valence-corrected chi connectivity index (χ0v) is 11.5. The standard InChI is InChI=1S/C14H20FNO3/c1-10(2)16(6-7-19-3)9-12-8-11(14(17)18)4-5-13(12)15/h4-5,8,10H,6-7,9H2,1-3H3,(H,17,18). The van der Waals surface area contributed by atoms with Crippen LogP contribution in [-0.2, 0) is 11.3 Å². The molecular weight excluding hydrogens is 249 g/mol. The average Bonchev–Trinajstić information content (AvgIpc) is 2.35. The van der Waals surface area contributed by atoms with Gasteiger partial charge in [0.1, 0.15) is 5.82 Å². The maximum absolute atomic E-state index is 13.7. The van der Waals surface area contributed by atoms with Crippen LogP contribution < -0.4 is 0 Å². The summed E-state index contributed by atoms with van der Waals surface area (Å²) in [6.45, 7) is 5.61. The van der Waals surface area contributed by atoms with E-state index in [-0.39, 0.29) is 17.4 Å². The van der Waals surface area contributed by atoms with Gasteiger partial charge in [-0.1, -0.05) is 0 Å². The fraction of sp³-hybridized carbons (Fsp3) is 0.500. The number of hydrogen-bond donors (Lipinski definition) is 1. The third kappa shape index (κ3) is 4.61. The number of ether oxygens (including phenoxy) is 1. The summed E-state index contributed by atoms with van der Waals surface area (Å²) in [5.41, 5.74) is 0.497. The summed E-state index contributed by atoms with van der Waals surface area (Å²) in [4.78, 5) is 12.9. The first-order valence-corrected chi connectivity index (χ1v) is 6.20. The van der Waals surface area contributed by atoms with E-state index < -0.39 is 5.97 Å². The van der Waals surface area contributed by atoms with Crippen LogP contribution in [0.25, 0.3) is 0 Å². The van der Waals surface area contributed by atoms with Crippen LogP contribution in [0.4, 0.5) is 4.39 Å². The molecule has 0 heterocycles. The van der Waals surface area contributed by atoms with Gasteiger partial charge in [-0.2, -0.15) is 0 Å². The Morgan fingerprint density at radius 2 is 2.16 bits per heavy atom. The van der Waals surface area contributed by atoms with Crippen LogP contribution in [0.3, 0.4) is 0 Å². The Balaban J connectivity index is 2.88. The Labute approximate surface area is 112 Å². The third-order valence-corrected chi connectivity index (χ3v) is 2.98. The topological polar surface area (TPSA) is 49.8 Å². The molecule has 1 aromatic rings. The number of carboxylic acid groups (broad SMARTS) is 1. The van der Waals surface area contributed by atoms with Crippen LogP contribution >= 0.6 is 0 Å². The first-order valence-electron chi connectivity index (χ1n) is 6.20. The van der Waals surface area contributed by atoms with Crippen LogP contribution in [0, 0.1) is 5.82 Å². The highest BCUT2D eigenvalue weighted by Gasteiger charge is 2.14. The van der Waals surface area contributed by atoms with Gasteiger partial charge in [-0.25, -0.2) is 9.18 Å². The van der Waals surface area contributed by atoms with Crippen molar-refractivity contribution in [3.05, 3.63) is 35.1 Å². The van der Waals surface area contributed by atoms with Gasteiger partial charge >= 0.3 is 5.97 Å². The number of rotatable bonds is 7. The fourth-order valence-corrected chi connectivity index (χ4v) is 1.78. The second kappa shape index (κ2) is 7.21. The van der Waals surface area contributed by atoms with Crippen LogP contribution in [0.1, 0.15) is 29.8 Å². The lowest BCUT2D eigenvalue weighted by Crippen LogP contribution is -2.33. The summed E-state index contributed by atoms with van der Waals surface area (Å²) < 4.78 is 18.8. The number of benzene rings is 1. The molecule has 0 aromatic heterocycles. The van der Waals surface area contributed by atoms with Crippen LogP contribution in [-0.4, -0.2) is 42.3 Å². The summed E-state index contributed by atoms with van der Waals surface area (Å²) in [6, 6.07) is 4.09. The predicted molar refractivity (Wildman–Crippen MR) is 70.8 cm³/mol. The average molecular weight is 269 g/mol. The molecule has 1 aromatic carbocycles. The molecule has 1 N–H and O–H groups in total. The Bertz CT molecular complexity index is 435. The molecule has 0 unspecified atom stereocenters. The summed E-state index contributed by atoms with van der Waals surface area (Å²) >= 11 is 0. The van der Waals surface area contributed by atoms with E-state index >= 15 is 0 Å². The van der Waals surface area contributed by atoms with E-state index in [1.807, 2.05) is 18.7 Å². The molecule has 0 bridgehead atoms. The van der Waals surface area contributed by atoms with Crippen molar-refractivity contribution in [1.82, 2.24) is 4.90 Å². The molecule has 0 spiro atoms. The molecular formula is C14H20FNO3. The van der Waals surface area contributed by atoms with Crippen molar-refractivity contribution in [2.45, 2.75) is 26.4 Å². The second-order valence-corrected chi connectivity index (χ2v) is 4.67. The Morgan fingerprint density at radius 1 is 1.47 bits per heavy atom. The highest BCUT2D eigenvalue weighted by molar-refractivity contribution is 5.87. The molecule has 1 rings (SSSR count). The number of halogens is 1. The van der Waals surface area contributed by atoms with Gasteiger partial charge in [0.2, 0.25) is 0 Å². The van der Waals surface area contributed by atoms with Gasteiger partial charge in [0.15, 0.2) is 0 Å². The first-order chi connectivity index (χ1) is 8.95. The number of methoxy groups -OCH3 is 1. The van der Waals surface area contributed by atoms with E-state index in [9.17, 15) is 9.18 Å². The Morgan fingerprint density at radius 3 is 2.68 bits per heavy atom. The van der Waals surface area contributed by atoms with Crippen molar-refractivity contribution < 1.29 is 19.0 Å². The van der Waals surface area contributed by atoms with Gasteiger partial charge in [0, 0.05) is 31.8 Å². The van der Waals surface area contributed by atoms with Crippen LogP contribution in [0.5, 0.6) is 0 Å². The van der Waals surface area contributed by atoms with E-state index in [0.717, 1.165) is 0 Å². The number of carbonyl (C=O) groups is 1. The molecule has 0 fully saturated rings. The maximum atomic E-state index is 13.7. The van der Waals surface area contributed by atoms with Gasteiger partial charge in [0.25, 0.3) is 0 Å². The van der Waals surface area contributed by atoms with Crippen molar-refractivity contribution in [3.63, 3.8) is 0 Å². The van der Waals surface area contributed by atoms with Crippen molar-refractivity contribution >= 4 is 5.97 Å². The molecule has 0 radical (unpaired) electrons. The van der Waals surface area contributed by atoms with E-state index in [4.69, 9.17) is 9.84 Å². The highest BCUT2D eigenvalue weighted by atomic mass is 19.1. The lowest BCUT2D eigenvalue weighted by Gasteiger charge is -2.26. The molecule has 0 atom stereocenters. The maximum Gasteiger partial charge on any atom is 0.335 e. The molecule has 0 aliphatic rings. The predicted octanol–water partition coefficient (Wildman–Crippen LogP) is 2.38. The van der Waals surface area contributed by atoms with Crippen molar-refractivity contribution in [2.75, 3.05) is 20.3 Å². The lowest BCUT2D eigenvalue weighted by atomic mass is 10.1. The number of nitrogens with zero attached hydrogens (tertiary/aromatic N) is 1. The molecule has 0 aliphatic carbocycles. The number of hydrogen-bond acceptors (Lipinski definition) is 3. The van der Waals surface area contributed by atoms with Crippen molar-refractivity contribution in [3.8, 4) is 0 Å². The summed E-state index contributed by atoms with van der Waals surface area (Å²) in [5.74, 6) is -1.43. The zero-order chi connectivity index (χ0) is 14.4. The van der Waals surface area contributed by atoms with Gasteiger partial charge in [-0.15, -0.1) is 0 Å². The zero-order valence-electron chi connectivity index (χ0n) is 11.5. The molecule has 4 nitrogen and oxygen atoms in total. The monoisotopic (exact) mass is 269 g/mol. The molecule has 106 valence electrons. The molecule has 0 amide bonds. The molecule has 0 saturated heterocycles. The van der Waals surface area contributed by atoms with Gasteiger partial charge < -0.3 is 9.84 Å². The highest BCUT2D eigenvalue weighted by Crippen LogP contribution is 2.15. The molecule has 0 aliphatic heterocycles. The number of aromatic carboxylic acids is 1. The van der Waals surface area contributed by atoms with E-state index in [0.29, 0.717) is 25.3 Å². The summed E-state index contributed by atoms with van der Waals surface area (Å²) in [6.07, 6.45) is 0. The van der Waals surface area contributed by atoms with E-state index in [1.165, 1.54) is 18.2 Å². The Kier molecular flexibility index (Phi) is 5.92. The summed E-state index contributed by atoms with van der Waals surface area (Å²) in [5, 5.41) is 8.93. The van der Waals surface area contributed by atoms with Crippen LogP contribution in [0.2, 0.25) is 0 Å². The largest absolute Gasteiger partial charge is 0.478 e. The SMILES string of the molecule is COCCN(Cc1cc(C(=O)O)ccc1F)C(C)C. The summed E-state index contributed by atoms with van der Waals surface area (Å²) in [7, 11) is 1.62. The lowest BCUT2D eigenvalue weighted by molar-refractivity contribution is 0.0696. The second-order valence-electron chi connectivity index (χ2n) is 4.67. The molecule has 0 saturated carbocycles. The first kappa shape index (κ1) is 15.6. The van der Waals surface area contributed by atoms with Crippen LogP contribution in [0.15, 0.2) is 18.2 Å². The Hall–Kier alpha value is -1.46. The van der Waals surface area contributed by atoms with E-state index in [1.54, 1.807) is 7.11 Å². The fourth-order valence-electron chi connectivity index (χ4n) is 1.78. The van der Waals surface area contributed by atoms with Crippen molar-refractivity contribution in [1.29, 1.82) is 0 Å². The molecule has 5 heteroatoms. The van der Waals surface area contributed by atoms with E-state index in [2.05, 4.69) is 0 Å². The minimum Gasteiger partial charge on any atom is -0.478 e. The van der Waals surface area contributed by atoms with Gasteiger partial charge in [0.05, 0.1) is 12.2 Å². The van der Waals surface area contributed by atoms with Gasteiger partial charge in [-0.3, -0.25) is 4.90 Å².